The van der Waals surface area contributed by atoms with Crippen LogP contribution < -0.4 is 10.6 Å². The summed E-state index contributed by atoms with van der Waals surface area (Å²) in [5.74, 6) is 0.112. The van der Waals surface area contributed by atoms with Crippen molar-refractivity contribution in [2.75, 3.05) is 38.7 Å². The Morgan fingerprint density at radius 3 is 2.58 bits per heavy atom. The number of carbonyl (C=O) groups is 1. The summed E-state index contributed by atoms with van der Waals surface area (Å²) < 4.78 is 22.9. The van der Waals surface area contributed by atoms with Crippen LogP contribution in [-0.4, -0.2) is 69.5 Å². The van der Waals surface area contributed by atoms with E-state index in [1.165, 1.54) is 0 Å². The molecule has 0 spiro atoms. The molecule has 1 unspecified atom stereocenters. The van der Waals surface area contributed by atoms with Crippen molar-refractivity contribution in [3.8, 4) is 0 Å². The first-order valence-electron chi connectivity index (χ1n) is 6.50. The van der Waals surface area contributed by atoms with Crippen LogP contribution in [0.25, 0.3) is 0 Å². The van der Waals surface area contributed by atoms with Gasteiger partial charge in [-0.3, -0.25) is 4.79 Å². The predicted molar refractivity (Wildman–Crippen MR) is 75.8 cm³/mol. The van der Waals surface area contributed by atoms with E-state index in [-0.39, 0.29) is 35.4 Å². The lowest BCUT2D eigenvalue weighted by Gasteiger charge is -2.33. The minimum Gasteiger partial charge on any atom is -0.354 e. The summed E-state index contributed by atoms with van der Waals surface area (Å²) in [5.41, 5.74) is -0.123. The zero-order chi connectivity index (χ0) is 14.7. The highest BCUT2D eigenvalue weighted by Gasteiger charge is 2.27. The van der Waals surface area contributed by atoms with Gasteiger partial charge in [-0.05, 0) is 27.9 Å². The third kappa shape index (κ3) is 5.46. The first-order valence-corrected chi connectivity index (χ1v) is 8.32. The molecule has 1 heterocycles. The molecule has 2 N–H and O–H groups in total. The van der Waals surface area contributed by atoms with Crippen molar-refractivity contribution in [3.05, 3.63) is 0 Å². The fraction of sp³-hybridized carbons (Fsp3) is 0.917. The highest BCUT2D eigenvalue weighted by molar-refractivity contribution is 7.91. The van der Waals surface area contributed by atoms with Crippen LogP contribution in [0.15, 0.2) is 0 Å². The molecular weight excluding hydrogens is 266 g/mol. The van der Waals surface area contributed by atoms with Crippen molar-refractivity contribution in [1.29, 1.82) is 0 Å². The molecule has 0 bridgehead atoms. The number of hydrogen-bond acceptors (Lipinski definition) is 5. The van der Waals surface area contributed by atoms with Crippen molar-refractivity contribution in [2.45, 2.75) is 31.8 Å². The smallest absolute Gasteiger partial charge is 0.221 e. The summed E-state index contributed by atoms with van der Waals surface area (Å²) in [7, 11) is 0.934. The topological polar surface area (TPSA) is 78.5 Å². The van der Waals surface area contributed by atoms with Gasteiger partial charge in [0.05, 0.1) is 11.5 Å². The maximum atomic E-state index is 11.8. The van der Waals surface area contributed by atoms with E-state index in [2.05, 4.69) is 10.6 Å². The third-order valence-electron chi connectivity index (χ3n) is 3.66. The minimum absolute atomic E-state index is 0.0531. The number of nitrogens with one attached hydrogen (secondary N) is 2. The molecule has 112 valence electrons. The largest absolute Gasteiger partial charge is 0.354 e. The molecule has 6 nitrogen and oxygen atoms in total. The Kier molecular flexibility index (Phi) is 5.34. The molecular formula is C12H25N3O3S. The van der Waals surface area contributed by atoms with Crippen LogP contribution in [0, 0.1) is 0 Å². The molecule has 1 aliphatic rings. The lowest BCUT2D eigenvalue weighted by atomic mass is 10.0. The maximum absolute atomic E-state index is 11.8. The van der Waals surface area contributed by atoms with Crippen LogP contribution in [0.5, 0.6) is 0 Å². The molecule has 0 aromatic heterocycles. The molecule has 0 aliphatic carbocycles. The van der Waals surface area contributed by atoms with Crippen LogP contribution in [0.2, 0.25) is 0 Å². The molecule has 1 rings (SSSR count). The van der Waals surface area contributed by atoms with Crippen molar-refractivity contribution < 1.29 is 13.2 Å². The standard InChI is InChI=1S/C12H25N3O3S/c1-12(2,15(3)4)9-14-11(16)7-10-8-19(17,18)6-5-13-10/h10,13H,5-9H2,1-4H3,(H,14,16). The van der Waals surface area contributed by atoms with Gasteiger partial charge in [-0.15, -0.1) is 0 Å². The predicted octanol–water partition coefficient (Wildman–Crippen LogP) is -0.780. The van der Waals surface area contributed by atoms with Crippen LogP contribution in [0.3, 0.4) is 0 Å². The van der Waals surface area contributed by atoms with Gasteiger partial charge in [0, 0.05) is 31.1 Å². The van der Waals surface area contributed by atoms with E-state index in [0.717, 1.165) is 0 Å². The van der Waals surface area contributed by atoms with E-state index in [9.17, 15) is 13.2 Å². The van der Waals surface area contributed by atoms with Crippen LogP contribution in [0.4, 0.5) is 0 Å². The Hall–Kier alpha value is -0.660. The molecule has 0 saturated carbocycles. The molecule has 1 aliphatic heterocycles. The first-order chi connectivity index (χ1) is 8.62. The normalized spacial score (nSPS) is 23.3. The van der Waals surface area contributed by atoms with Gasteiger partial charge in [0.15, 0.2) is 9.84 Å². The number of amides is 1. The number of carbonyl (C=O) groups excluding carboxylic acids is 1. The number of rotatable bonds is 5. The fourth-order valence-electron chi connectivity index (χ4n) is 1.77. The summed E-state index contributed by atoms with van der Waals surface area (Å²) in [6.07, 6.45) is 0.211. The minimum atomic E-state index is -2.99. The van der Waals surface area contributed by atoms with Gasteiger partial charge in [0.1, 0.15) is 0 Å². The van der Waals surface area contributed by atoms with Crippen molar-refractivity contribution in [3.63, 3.8) is 0 Å². The zero-order valence-corrected chi connectivity index (χ0v) is 13.0. The SMILES string of the molecule is CN(C)C(C)(C)CNC(=O)CC1CS(=O)(=O)CCN1. The molecule has 1 saturated heterocycles. The second-order valence-electron chi connectivity index (χ2n) is 5.95. The second kappa shape index (κ2) is 6.19. The summed E-state index contributed by atoms with van der Waals surface area (Å²) in [6, 6.07) is -0.263. The summed E-state index contributed by atoms with van der Waals surface area (Å²) in [5, 5.41) is 5.94. The van der Waals surface area contributed by atoms with Gasteiger partial charge in [0.25, 0.3) is 0 Å². The van der Waals surface area contributed by atoms with E-state index in [4.69, 9.17) is 0 Å². The number of nitrogens with zero attached hydrogens (tertiary/aromatic N) is 1. The first kappa shape index (κ1) is 16.4. The van der Waals surface area contributed by atoms with E-state index in [1.54, 1.807) is 0 Å². The summed E-state index contributed by atoms with van der Waals surface area (Å²) >= 11 is 0. The Labute approximate surface area is 115 Å². The van der Waals surface area contributed by atoms with Gasteiger partial charge in [-0.25, -0.2) is 8.42 Å². The van der Waals surface area contributed by atoms with Crippen molar-refractivity contribution in [1.82, 2.24) is 15.5 Å². The quantitative estimate of drug-likeness (QED) is 0.695. The average Bonchev–Trinajstić information content (AvgIpc) is 2.25. The maximum Gasteiger partial charge on any atom is 0.221 e. The lowest BCUT2D eigenvalue weighted by molar-refractivity contribution is -0.122. The van der Waals surface area contributed by atoms with Crippen LogP contribution >= 0.6 is 0 Å². The summed E-state index contributed by atoms with van der Waals surface area (Å²) in [4.78, 5) is 13.9. The molecule has 1 fully saturated rings. The van der Waals surface area contributed by atoms with Crippen molar-refractivity contribution >= 4 is 15.7 Å². The Morgan fingerprint density at radius 2 is 2.05 bits per heavy atom. The number of likely N-dealkylation sites (N-methyl/N-ethyl adjacent to an activating group) is 1. The van der Waals surface area contributed by atoms with E-state index in [1.807, 2.05) is 32.8 Å². The van der Waals surface area contributed by atoms with E-state index in [0.29, 0.717) is 13.1 Å². The van der Waals surface area contributed by atoms with E-state index >= 15 is 0 Å². The van der Waals surface area contributed by atoms with Crippen molar-refractivity contribution in [2.24, 2.45) is 0 Å². The lowest BCUT2D eigenvalue weighted by Crippen LogP contribution is -2.51. The summed E-state index contributed by atoms with van der Waals surface area (Å²) in [6.45, 7) is 5.05. The molecule has 19 heavy (non-hydrogen) atoms. The van der Waals surface area contributed by atoms with Crippen LogP contribution in [-0.2, 0) is 14.6 Å². The monoisotopic (exact) mass is 291 g/mol. The zero-order valence-electron chi connectivity index (χ0n) is 12.2. The molecule has 0 aromatic carbocycles. The Bertz CT molecular complexity index is 418. The van der Waals surface area contributed by atoms with Gasteiger partial charge in [-0.2, -0.15) is 0 Å². The van der Waals surface area contributed by atoms with Gasteiger partial charge in [0.2, 0.25) is 5.91 Å². The molecule has 1 amide bonds. The highest BCUT2D eigenvalue weighted by atomic mass is 32.2. The van der Waals surface area contributed by atoms with Gasteiger partial charge < -0.3 is 15.5 Å². The molecule has 0 radical (unpaired) electrons. The molecule has 7 heteroatoms. The van der Waals surface area contributed by atoms with Gasteiger partial charge >= 0.3 is 0 Å². The Balaban J connectivity index is 2.40. The fourth-order valence-corrected chi connectivity index (χ4v) is 3.21. The number of hydrogen-bond donors (Lipinski definition) is 2. The average molecular weight is 291 g/mol. The van der Waals surface area contributed by atoms with E-state index < -0.39 is 9.84 Å². The molecule has 0 aromatic rings. The number of sulfone groups is 1. The van der Waals surface area contributed by atoms with Crippen LogP contribution in [0.1, 0.15) is 20.3 Å². The second-order valence-corrected chi connectivity index (χ2v) is 8.18. The molecule has 1 atom stereocenters. The van der Waals surface area contributed by atoms with Gasteiger partial charge in [-0.1, -0.05) is 0 Å². The third-order valence-corrected chi connectivity index (χ3v) is 5.40. The highest BCUT2D eigenvalue weighted by Crippen LogP contribution is 2.09. The Morgan fingerprint density at radius 1 is 1.42 bits per heavy atom.